The van der Waals surface area contributed by atoms with Crippen molar-refractivity contribution in [2.75, 3.05) is 0 Å². The smallest absolute Gasteiger partial charge is 0.177 e. The van der Waals surface area contributed by atoms with Gasteiger partial charge in [0.25, 0.3) is 0 Å². The Morgan fingerprint density at radius 1 is 1.29 bits per heavy atom. The van der Waals surface area contributed by atoms with Gasteiger partial charge >= 0.3 is 0 Å². The lowest BCUT2D eigenvalue weighted by atomic mass is 9.64. The summed E-state index contributed by atoms with van der Waals surface area (Å²) in [5.41, 5.74) is 1.17. The van der Waals surface area contributed by atoms with Crippen molar-refractivity contribution in [3.8, 4) is 0 Å². The van der Waals surface area contributed by atoms with Crippen LogP contribution >= 0.6 is 0 Å². The van der Waals surface area contributed by atoms with Gasteiger partial charge in [-0.1, -0.05) is 37.1 Å². The zero-order valence-corrected chi connectivity index (χ0v) is 10.0. The first-order chi connectivity index (χ1) is 8.18. The van der Waals surface area contributed by atoms with Crippen molar-refractivity contribution < 1.29 is 9.59 Å². The molecule has 0 saturated heterocycles. The van der Waals surface area contributed by atoms with Crippen LogP contribution in [-0.2, 0) is 4.79 Å². The van der Waals surface area contributed by atoms with Gasteiger partial charge in [-0.15, -0.1) is 0 Å². The summed E-state index contributed by atoms with van der Waals surface area (Å²) in [7, 11) is 0. The van der Waals surface area contributed by atoms with Crippen LogP contribution in [0.5, 0.6) is 0 Å². The molecule has 2 unspecified atom stereocenters. The van der Waals surface area contributed by atoms with Gasteiger partial charge in [0.15, 0.2) is 5.78 Å². The Bertz CT molecular complexity index is 503. The van der Waals surface area contributed by atoms with Crippen LogP contribution in [0.25, 0.3) is 0 Å². The van der Waals surface area contributed by atoms with Crippen LogP contribution in [0.1, 0.15) is 54.4 Å². The molecule has 0 bridgehead atoms. The van der Waals surface area contributed by atoms with Crippen molar-refractivity contribution in [1.29, 1.82) is 0 Å². The van der Waals surface area contributed by atoms with E-state index in [2.05, 4.69) is 0 Å². The molecule has 2 aliphatic carbocycles. The number of Topliss-reactive ketones (excluding diaryl/α,β-unsaturated/α-hetero) is 2. The van der Waals surface area contributed by atoms with Gasteiger partial charge in [0, 0.05) is 11.5 Å². The number of benzene rings is 1. The van der Waals surface area contributed by atoms with Crippen LogP contribution in [0, 0.1) is 5.41 Å². The highest BCUT2D eigenvalue weighted by molar-refractivity contribution is 6.18. The van der Waals surface area contributed by atoms with E-state index < -0.39 is 5.41 Å². The normalized spacial score (nSPS) is 30.9. The van der Waals surface area contributed by atoms with Crippen molar-refractivity contribution >= 4 is 11.6 Å². The van der Waals surface area contributed by atoms with Crippen LogP contribution in [0.4, 0.5) is 0 Å². The Morgan fingerprint density at radius 2 is 2.06 bits per heavy atom. The summed E-state index contributed by atoms with van der Waals surface area (Å²) in [6.45, 7) is 1.59. The lowest BCUT2D eigenvalue weighted by Crippen LogP contribution is -2.40. The summed E-state index contributed by atoms with van der Waals surface area (Å²) in [5, 5.41) is 0. The van der Waals surface area contributed by atoms with Crippen LogP contribution in [0.3, 0.4) is 0 Å². The second kappa shape index (κ2) is 3.52. The number of carbonyl (C=O) groups is 2. The van der Waals surface area contributed by atoms with E-state index in [0.29, 0.717) is 0 Å². The van der Waals surface area contributed by atoms with E-state index >= 15 is 0 Å². The van der Waals surface area contributed by atoms with Crippen molar-refractivity contribution in [1.82, 2.24) is 0 Å². The first-order valence-electron chi connectivity index (χ1n) is 6.32. The zero-order chi connectivity index (χ0) is 12.0. The fourth-order valence-electron chi connectivity index (χ4n) is 3.69. The molecule has 1 fully saturated rings. The van der Waals surface area contributed by atoms with Gasteiger partial charge in [0.1, 0.15) is 5.78 Å². The van der Waals surface area contributed by atoms with Gasteiger partial charge in [-0.2, -0.15) is 0 Å². The van der Waals surface area contributed by atoms with E-state index in [4.69, 9.17) is 0 Å². The Labute approximate surface area is 101 Å². The second-order valence-electron chi connectivity index (χ2n) is 5.24. The minimum absolute atomic E-state index is 0.0587. The quantitative estimate of drug-likeness (QED) is 0.692. The minimum Gasteiger partial charge on any atom is -0.299 e. The SMILES string of the molecule is CC(=O)C12CCCCC1c1ccccc1C2=O. The number of ketones is 2. The molecule has 2 heteroatoms. The van der Waals surface area contributed by atoms with E-state index in [1.807, 2.05) is 24.3 Å². The molecule has 0 spiro atoms. The summed E-state index contributed by atoms with van der Waals surface area (Å²) >= 11 is 0. The van der Waals surface area contributed by atoms with Crippen molar-refractivity contribution in [2.45, 2.75) is 38.5 Å². The standard InChI is InChI=1S/C15H16O2/c1-10(16)15-9-5-4-8-13(15)11-6-2-3-7-12(11)14(15)17/h2-3,6-7,13H,4-5,8-9H2,1H3. The van der Waals surface area contributed by atoms with Crippen molar-refractivity contribution in [3.63, 3.8) is 0 Å². The van der Waals surface area contributed by atoms with Gasteiger partial charge in [0.2, 0.25) is 0 Å². The Kier molecular flexibility index (Phi) is 2.22. The molecule has 0 heterocycles. The molecule has 17 heavy (non-hydrogen) atoms. The van der Waals surface area contributed by atoms with Gasteiger partial charge in [-0.3, -0.25) is 9.59 Å². The molecular weight excluding hydrogens is 212 g/mol. The van der Waals surface area contributed by atoms with E-state index in [1.54, 1.807) is 6.92 Å². The van der Waals surface area contributed by atoms with Gasteiger partial charge in [0.05, 0.1) is 5.41 Å². The number of hydrogen-bond donors (Lipinski definition) is 0. The molecule has 1 aromatic rings. The predicted molar refractivity (Wildman–Crippen MR) is 65.1 cm³/mol. The summed E-state index contributed by atoms with van der Waals surface area (Å²) in [6, 6.07) is 7.76. The molecule has 0 amide bonds. The van der Waals surface area contributed by atoms with Crippen LogP contribution in [0.2, 0.25) is 0 Å². The lowest BCUT2D eigenvalue weighted by Gasteiger charge is -2.36. The number of fused-ring (bicyclic) bond motifs is 3. The summed E-state index contributed by atoms with van der Waals surface area (Å²) < 4.78 is 0. The maximum absolute atomic E-state index is 12.6. The average Bonchev–Trinajstić information content (AvgIpc) is 2.62. The molecule has 2 atom stereocenters. The predicted octanol–water partition coefficient (Wildman–Crippen LogP) is 3.12. The van der Waals surface area contributed by atoms with E-state index in [-0.39, 0.29) is 17.5 Å². The van der Waals surface area contributed by atoms with Crippen molar-refractivity contribution in [2.24, 2.45) is 5.41 Å². The Hall–Kier alpha value is -1.44. The van der Waals surface area contributed by atoms with Crippen LogP contribution < -0.4 is 0 Å². The molecule has 0 radical (unpaired) electrons. The maximum atomic E-state index is 12.6. The molecular formula is C15H16O2. The Morgan fingerprint density at radius 3 is 2.82 bits per heavy atom. The fraction of sp³-hybridized carbons (Fsp3) is 0.467. The molecule has 2 nitrogen and oxygen atoms in total. The molecule has 0 aliphatic heterocycles. The van der Waals surface area contributed by atoms with Gasteiger partial charge in [-0.05, 0) is 25.3 Å². The van der Waals surface area contributed by atoms with Crippen LogP contribution in [0.15, 0.2) is 24.3 Å². The van der Waals surface area contributed by atoms with E-state index in [1.165, 1.54) is 0 Å². The minimum atomic E-state index is -0.720. The number of hydrogen-bond acceptors (Lipinski definition) is 2. The van der Waals surface area contributed by atoms with E-state index in [9.17, 15) is 9.59 Å². The molecule has 0 N–H and O–H groups in total. The molecule has 2 aliphatic rings. The highest BCUT2D eigenvalue weighted by Crippen LogP contribution is 2.55. The first kappa shape index (κ1) is 10.7. The summed E-state index contributed by atoms with van der Waals surface area (Å²) in [5.74, 6) is 0.270. The third kappa shape index (κ3) is 1.21. The number of carbonyl (C=O) groups excluding carboxylic acids is 2. The van der Waals surface area contributed by atoms with Gasteiger partial charge in [-0.25, -0.2) is 0 Å². The van der Waals surface area contributed by atoms with Crippen molar-refractivity contribution in [3.05, 3.63) is 35.4 Å². The summed E-state index contributed by atoms with van der Waals surface area (Å²) in [4.78, 5) is 24.6. The third-order valence-electron chi connectivity index (χ3n) is 4.52. The topological polar surface area (TPSA) is 34.1 Å². The highest BCUT2D eigenvalue weighted by atomic mass is 16.2. The Balaban J connectivity index is 2.22. The van der Waals surface area contributed by atoms with Gasteiger partial charge < -0.3 is 0 Å². The van der Waals surface area contributed by atoms with E-state index in [0.717, 1.165) is 36.8 Å². The fourth-order valence-corrected chi connectivity index (χ4v) is 3.69. The molecule has 0 aromatic heterocycles. The maximum Gasteiger partial charge on any atom is 0.177 e. The average molecular weight is 228 g/mol. The second-order valence-corrected chi connectivity index (χ2v) is 5.24. The lowest BCUT2D eigenvalue weighted by molar-refractivity contribution is -0.126. The third-order valence-corrected chi connectivity index (χ3v) is 4.52. The largest absolute Gasteiger partial charge is 0.299 e. The summed E-state index contributed by atoms with van der Waals surface area (Å²) in [6.07, 6.45) is 3.83. The zero-order valence-electron chi connectivity index (χ0n) is 10.0. The first-order valence-corrected chi connectivity index (χ1v) is 6.32. The molecule has 1 aromatic carbocycles. The molecule has 3 rings (SSSR count). The molecule has 88 valence electrons. The monoisotopic (exact) mass is 228 g/mol. The van der Waals surface area contributed by atoms with Crippen LogP contribution in [-0.4, -0.2) is 11.6 Å². The number of rotatable bonds is 1. The molecule has 1 saturated carbocycles. The highest BCUT2D eigenvalue weighted by Gasteiger charge is 2.56.